The van der Waals surface area contributed by atoms with Crippen LogP contribution in [0.1, 0.15) is 26.2 Å². The lowest BCUT2D eigenvalue weighted by Crippen LogP contribution is -2.55. The number of ether oxygens (including phenoxy) is 1. The van der Waals surface area contributed by atoms with E-state index in [1.165, 1.54) is 0 Å². The van der Waals surface area contributed by atoms with E-state index < -0.39 is 11.6 Å². The number of hydrogen-bond donors (Lipinski definition) is 3. The molecule has 1 aliphatic heterocycles. The van der Waals surface area contributed by atoms with Gasteiger partial charge in [-0.3, -0.25) is 14.9 Å². The minimum atomic E-state index is -0.908. The summed E-state index contributed by atoms with van der Waals surface area (Å²) in [5.41, 5.74) is -0.234. The van der Waals surface area contributed by atoms with E-state index in [9.17, 15) is 14.4 Å². The molecule has 25 heavy (non-hydrogen) atoms. The largest absolute Gasteiger partial charge is 0.494 e. The fourth-order valence-corrected chi connectivity index (χ4v) is 4.73. The van der Waals surface area contributed by atoms with Crippen LogP contribution in [0.4, 0.5) is 10.5 Å². The Hall–Kier alpha value is -2.57. The fraction of sp³-hybridized carbons (Fsp3) is 0.500. The molecule has 3 N–H and O–H groups in total. The van der Waals surface area contributed by atoms with Gasteiger partial charge < -0.3 is 15.4 Å². The standard InChI is InChI=1S/C18H21N3O4/c1-2-25-12-5-3-4-11(8-12)19-15(22)13-6-10-7-14(13)18(9-10)16(23)20-17(24)21-18/h3-5,8,10,13-14H,2,6-7,9H2,1H3,(H,19,22)(H2,20,21,23,24)/t10-,13+,14+,18?/m0/s1. The van der Waals surface area contributed by atoms with Gasteiger partial charge in [0, 0.05) is 23.6 Å². The molecule has 1 unspecified atom stereocenters. The maximum atomic E-state index is 12.8. The average molecular weight is 343 g/mol. The van der Waals surface area contributed by atoms with Gasteiger partial charge in [-0.2, -0.15) is 0 Å². The van der Waals surface area contributed by atoms with Crippen LogP contribution in [0.25, 0.3) is 0 Å². The number of carbonyl (C=O) groups is 3. The van der Waals surface area contributed by atoms with Gasteiger partial charge in [-0.25, -0.2) is 4.79 Å². The van der Waals surface area contributed by atoms with Gasteiger partial charge in [0.25, 0.3) is 5.91 Å². The van der Waals surface area contributed by atoms with Crippen LogP contribution in [0.15, 0.2) is 24.3 Å². The van der Waals surface area contributed by atoms with Crippen LogP contribution in [0.2, 0.25) is 0 Å². The zero-order valence-corrected chi connectivity index (χ0v) is 14.0. The molecular weight excluding hydrogens is 322 g/mol. The molecule has 0 aromatic heterocycles. The zero-order chi connectivity index (χ0) is 17.6. The highest BCUT2D eigenvalue weighted by molar-refractivity contribution is 6.08. The molecule has 7 nitrogen and oxygen atoms in total. The average Bonchev–Trinajstić information content (AvgIpc) is 3.21. The number of hydrogen-bond acceptors (Lipinski definition) is 4. The first kappa shape index (κ1) is 15.9. The van der Waals surface area contributed by atoms with Crippen molar-refractivity contribution in [1.29, 1.82) is 0 Å². The molecule has 132 valence electrons. The lowest BCUT2D eigenvalue weighted by atomic mass is 9.74. The summed E-state index contributed by atoms with van der Waals surface area (Å²) >= 11 is 0. The summed E-state index contributed by atoms with van der Waals surface area (Å²) in [5.74, 6) is 0.166. The van der Waals surface area contributed by atoms with Gasteiger partial charge in [-0.05, 0) is 44.2 Å². The molecule has 2 saturated carbocycles. The summed E-state index contributed by atoms with van der Waals surface area (Å²) in [6.45, 7) is 2.46. The van der Waals surface area contributed by atoms with E-state index in [2.05, 4.69) is 16.0 Å². The Kier molecular flexibility index (Phi) is 3.67. The highest BCUT2D eigenvalue weighted by Crippen LogP contribution is 2.55. The summed E-state index contributed by atoms with van der Waals surface area (Å²) in [4.78, 5) is 36.7. The van der Waals surface area contributed by atoms with Crippen molar-refractivity contribution >= 4 is 23.5 Å². The van der Waals surface area contributed by atoms with E-state index in [1.807, 2.05) is 25.1 Å². The number of rotatable bonds is 4. The first-order valence-electron chi connectivity index (χ1n) is 8.69. The molecule has 1 aromatic rings. The molecule has 1 spiro atoms. The normalized spacial score (nSPS) is 32.6. The molecule has 1 heterocycles. The van der Waals surface area contributed by atoms with Gasteiger partial charge >= 0.3 is 6.03 Å². The second-order valence-electron chi connectivity index (χ2n) is 7.08. The highest BCUT2D eigenvalue weighted by Gasteiger charge is 2.64. The van der Waals surface area contributed by atoms with Crippen LogP contribution >= 0.6 is 0 Å². The first-order valence-corrected chi connectivity index (χ1v) is 8.69. The molecule has 4 atom stereocenters. The highest BCUT2D eigenvalue weighted by atomic mass is 16.5. The fourth-order valence-electron chi connectivity index (χ4n) is 4.73. The Morgan fingerprint density at radius 2 is 2.20 bits per heavy atom. The molecule has 1 saturated heterocycles. The van der Waals surface area contributed by atoms with E-state index >= 15 is 0 Å². The Balaban J connectivity index is 1.51. The van der Waals surface area contributed by atoms with Gasteiger partial charge in [-0.1, -0.05) is 6.07 Å². The molecule has 7 heteroatoms. The Bertz CT molecular complexity index is 750. The van der Waals surface area contributed by atoms with Crippen molar-refractivity contribution in [2.45, 2.75) is 31.7 Å². The number of urea groups is 1. The van der Waals surface area contributed by atoms with Crippen molar-refractivity contribution in [3.05, 3.63) is 24.3 Å². The van der Waals surface area contributed by atoms with Crippen molar-refractivity contribution in [3.8, 4) is 5.75 Å². The third-order valence-corrected chi connectivity index (χ3v) is 5.62. The minimum absolute atomic E-state index is 0.103. The summed E-state index contributed by atoms with van der Waals surface area (Å²) in [7, 11) is 0. The lowest BCUT2D eigenvalue weighted by Gasteiger charge is -2.35. The summed E-state index contributed by atoms with van der Waals surface area (Å²) < 4.78 is 5.45. The SMILES string of the molecule is CCOc1cccc(NC(=O)[C@@H]2C[C@H]3C[C@H]2C2(C3)NC(=O)NC2=O)c1. The van der Waals surface area contributed by atoms with E-state index in [0.29, 0.717) is 30.4 Å². The van der Waals surface area contributed by atoms with E-state index in [1.54, 1.807) is 6.07 Å². The molecule has 0 radical (unpaired) electrons. The number of benzene rings is 1. The molecule has 1 aromatic carbocycles. The maximum Gasteiger partial charge on any atom is 0.322 e. The number of imide groups is 1. The topological polar surface area (TPSA) is 96.5 Å². The summed E-state index contributed by atoms with van der Waals surface area (Å²) in [6.07, 6.45) is 2.18. The maximum absolute atomic E-state index is 12.8. The third-order valence-electron chi connectivity index (χ3n) is 5.62. The smallest absolute Gasteiger partial charge is 0.322 e. The second-order valence-corrected chi connectivity index (χ2v) is 7.08. The van der Waals surface area contributed by atoms with E-state index in [-0.39, 0.29) is 23.7 Å². The molecule has 3 aliphatic rings. The van der Waals surface area contributed by atoms with Crippen molar-refractivity contribution in [1.82, 2.24) is 10.6 Å². The van der Waals surface area contributed by atoms with Crippen molar-refractivity contribution in [3.63, 3.8) is 0 Å². The van der Waals surface area contributed by atoms with Crippen LogP contribution in [0, 0.1) is 17.8 Å². The monoisotopic (exact) mass is 343 g/mol. The van der Waals surface area contributed by atoms with E-state index in [0.717, 1.165) is 12.8 Å². The lowest BCUT2D eigenvalue weighted by molar-refractivity contribution is -0.129. The van der Waals surface area contributed by atoms with Crippen LogP contribution < -0.4 is 20.7 Å². The van der Waals surface area contributed by atoms with Crippen molar-refractivity contribution < 1.29 is 19.1 Å². The number of amides is 4. The summed E-state index contributed by atoms with van der Waals surface area (Å²) in [5, 5.41) is 8.05. The molecule has 4 amide bonds. The molecule has 2 bridgehead atoms. The number of carbonyl (C=O) groups excluding carboxylic acids is 3. The molecule has 3 fully saturated rings. The minimum Gasteiger partial charge on any atom is -0.494 e. The number of anilines is 1. The van der Waals surface area contributed by atoms with Crippen LogP contribution in [0.3, 0.4) is 0 Å². The van der Waals surface area contributed by atoms with Gasteiger partial charge in [0.15, 0.2) is 0 Å². The second kappa shape index (κ2) is 5.75. The molecule has 4 rings (SSSR count). The molecule has 2 aliphatic carbocycles. The summed E-state index contributed by atoms with van der Waals surface area (Å²) in [6, 6.07) is 6.81. The number of fused-ring (bicyclic) bond motifs is 3. The van der Waals surface area contributed by atoms with E-state index in [4.69, 9.17) is 4.74 Å². The quantitative estimate of drug-likeness (QED) is 0.724. The van der Waals surface area contributed by atoms with Crippen molar-refractivity contribution in [2.24, 2.45) is 17.8 Å². The van der Waals surface area contributed by atoms with Crippen molar-refractivity contribution in [2.75, 3.05) is 11.9 Å². The predicted octanol–water partition coefficient (Wildman–Crippen LogP) is 1.65. The van der Waals surface area contributed by atoms with Gasteiger partial charge in [-0.15, -0.1) is 0 Å². The Labute approximate surface area is 145 Å². The third kappa shape index (κ3) is 2.54. The molecular formula is C18H21N3O4. The Morgan fingerprint density at radius 3 is 2.88 bits per heavy atom. The van der Waals surface area contributed by atoms with Crippen LogP contribution in [0.5, 0.6) is 5.75 Å². The first-order chi connectivity index (χ1) is 12.0. The van der Waals surface area contributed by atoms with Gasteiger partial charge in [0.1, 0.15) is 11.3 Å². The number of nitrogens with one attached hydrogen (secondary N) is 3. The Morgan fingerprint density at radius 1 is 1.36 bits per heavy atom. The van der Waals surface area contributed by atoms with Gasteiger partial charge in [0.05, 0.1) is 6.61 Å². The zero-order valence-electron chi connectivity index (χ0n) is 14.0. The van der Waals surface area contributed by atoms with Crippen LogP contribution in [-0.4, -0.2) is 30.0 Å². The predicted molar refractivity (Wildman–Crippen MR) is 90.0 cm³/mol. The van der Waals surface area contributed by atoms with Gasteiger partial charge in [0.2, 0.25) is 5.91 Å². The van der Waals surface area contributed by atoms with Crippen LogP contribution in [-0.2, 0) is 9.59 Å².